The number of ether oxygens (including phenoxy) is 2. The number of anilines is 1. The van der Waals surface area contributed by atoms with Crippen LogP contribution < -0.4 is 14.8 Å². The molecule has 29 heavy (non-hydrogen) atoms. The van der Waals surface area contributed by atoms with Gasteiger partial charge in [-0.2, -0.15) is 0 Å². The number of methoxy groups -OCH3 is 2. The molecular weight excluding hydrogens is 368 g/mol. The molecule has 6 nitrogen and oxygen atoms in total. The van der Waals surface area contributed by atoms with Crippen LogP contribution in [-0.2, 0) is 11.2 Å². The van der Waals surface area contributed by atoms with Gasteiger partial charge < -0.3 is 19.9 Å². The SMILES string of the molecule is CCc1c(C)nc(OC)c(NC(=O)C(C)(C)C)c1C(O)c1ccc(OC)c(C)c1. The smallest absolute Gasteiger partial charge is 0.238 e. The summed E-state index contributed by atoms with van der Waals surface area (Å²) in [5, 5.41) is 14.3. The first-order chi connectivity index (χ1) is 13.5. The lowest BCUT2D eigenvalue weighted by Crippen LogP contribution is -2.29. The number of nitrogens with one attached hydrogen (secondary N) is 1. The number of rotatable bonds is 6. The zero-order chi connectivity index (χ0) is 21.9. The Labute approximate surface area is 173 Å². The topological polar surface area (TPSA) is 80.7 Å². The zero-order valence-corrected chi connectivity index (χ0v) is 18.6. The van der Waals surface area contributed by atoms with E-state index < -0.39 is 11.5 Å². The number of hydrogen-bond donors (Lipinski definition) is 2. The second-order valence-corrected chi connectivity index (χ2v) is 8.16. The molecule has 0 bridgehead atoms. The van der Waals surface area contributed by atoms with Gasteiger partial charge in [-0.1, -0.05) is 33.8 Å². The van der Waals surface area contributed by atoms with Gasteiger partial charge in [0.25, 0.3) is 0 Å². The highest BCUT2D eigenvalue weighted by Crippen LogP contribution is 2.39. The first kappa shape index (κ1) is 22.7. The maximum atomic E-state index is 12.7. The molecule has 1 amide bonds. The van der Waals surface area contributed by atoms with Gasteiger partial charge in [0, 0.05) is 16.7 Å². The number of benzene rings is 1. The predicted molar refractivity (Wildman–Crippen MR) is 115 cm³/mol. The average Bonchev–Trinajstić information content (AvgIpc) is 2.66. The number of aryl methyl sites for hydroxylation is 2. The molecule has 1 unspecified atom stereocenters. The van der Waals surface area contributed by atoms with Crippen LogP contribution in [-0.4, -0.2) is 30.2 Å². The number of carbonyl (C=O) groups excluding carboxylic acids is 1. The van der Waals surface area contributed by atoms with Gasteiger partial charge in [0.05, 0.1) is 14.2 Å². The largest absolute Gasteiger partial charge is 0.496 e. The fraction of sp³-hybridized carbons (Fsp3) is 0.478. The molecule has 1 heterocycles. The summed E-state index contributed by atoms with van der Waals surface area (Å²) in [4.78, 5) is 17.3. The summed E-state index contributed by atoms with van der Waals surface area (Å²) < 4.78 is 10.8. The quantitative estimate of drug-likeness (QED) is 0.754. The minimum Gasteiger partial charge on any atom is -0.496 e. The van der Waals surface area contributed by atoms with Crippen molar-refractivity contribution in [2.45, 2.75) is 54.1 Å². The van der Waals surface area contributed by atoms with Gasteiger partial charge in [-0.25, -0.2) is 4.98 Å². The molecule has 0 fully saturated rings. The van der Waals surface area contributed by atoms with Crippen molar-refractivity contribution < 1.29 is 19.4 Å². The number of amides is 1. The number of aliphatic hydroxyl groups excluding tert-OH is 1. The summed E-state index contributed by atoms with van der Waals surface area (Å²) in [7, 11) is 3.12. The molecule has 1 aromatic carbocycles. The molecule has 0 aliphatic rings. The molecular formula is C23H32N2O4. The van der Waals surface area contributed by atoms with Crippen molar-refractivity contribution in [2.75, 3.05) is 19.5 Å². The predicted octanol–water partition coefficient (Wildman–Crippen LogP) is 4.34. The van der Waals surface area contributed by atoms with Crippen molar-refractivity contribution in [2.24, 2.45) is 5.41 Å². The molecule has 0 aliphatic heterocycles. The summed E-state index contributed by atoms with van der Waals surface area (Å²) in [6.07, 6.45) is -0.302. The molecule has 2 aromatic rings. The first-order valence-corrected chi connectivity index (χ1v) is 9.76. The molecule has 0 radical (unpaired) electrons. The van der Waals surface area contributed by atoms with Crippen molar-refractivity contribution in [3.63, 3.8) is 0 Å². The number of hydrogen-bond acceptors (Lipinski definition) is 5. The molecule has 6 heteroatoms. The summed E-state index contributed by atoms with van der Waals surface area (Å²) in [6.45, 7) is 11.3. The zero-order valence-electron chi connectivity index (χ0n) is 18.6. The fourth-order valence-electron chi connectivity index (χ4n) is 3.29. The molecule has 158 valence electrons. The van der Waals surface area contributed by atoms with Crippen molar-refractivity contribution in [1.82, 2.24) is 4.98 Å². The van der Waals surface area contributed by atoms with Crippen LogP contribution in [0.4, 0.5) is 5.69 Å². The lowest BCUT2D eigenvalue weighted by Gasteiger charge is -2.25. The average molecular weight is 401 g/mol. The fourth-order valence-corrected chi connectivity index (χ4v) is 3.29. The van der Waals surface area contributed by atoms with Crippen LogP contribution in [0, 0.1) is 19.3 Å². The number of aromatic nitrogens is 1. The molecule has 1 atom stereocenters. The van der Waals surface area contributed by atoms with Crippen LogP contribution in [0.1, 0.15) is 61.7 Å². The maximum absolute atomic E-state index is 12.7. The Morgan fingerprint density at radius 2 is 1.86 bits per heavy atom. The monoisotopic (exact) mass is 400 g/mol. The third-order valence-electron chi connectivity index (χ3n) is 4.99. The van der Waals surface area contributed by atoms with E-state index in [2.05, 4.69) is 10.3 Å². The van der Waals surface area contributed by atoms with Crippen molar-refractivity contribution in [3.8, 4) is 11.6 Å². The Morgan fingerprint density at radius 3 is 2.34 bits per heavy atom. The van der Waals surface area contributed by atoms with Gasteiger partial charge in [0.1, 0.15) is 17.5 Å². The molecule has 0 spiro atoms. The third-order valence-corrected chi connectivity index (χ3v) is 4.99. The molecule has 1 aromatic heterocycles. The van der Waals surface area contributed by atoms with E-state index in [1.165, 1.54) is 7.11 Å². The van der Waals surface area contributed by atoms with Gasteiger partial charge in [-0.3, -0.25) is 4.79 Å². The minimum absolute atomic E-state index is 0.178. The lowest BCUT2D eigenvalue weighted by molar-refractivity contribution is -0.123. The number of nitrogens with zero attached hydrogens (tertiary/aromatic N) is 1. The van der Waals surface area contributed by atoms with E-state index in [9.17, 15) is 9.90 Å². The highest BCUT2D eigenvalue weighted by Gasteiger charge is 2.29. The van der Waals surface area contributed by atoms with E-state index >= 15 is 0 Å². The van der Waals surface area contributed by atoms with Gasteiger partial charge in [-0.05, 0) is 49.1 Å². The van der Waals surface area contributed by atoms with Crippen molar-refractivity contribution in [1.29, 1.82) is 0 Å². The van der Waals surface area contributed by atoms with Gasteiger partial charge in [-0.15, -0.1) is 0 Å². The van der Waals surface area contributed by atoms with E-state index in [0.717, 1.165) is 22.6 Å². The molecule has 0 aliphatic carbocycles. The Morgan fingerprint density at radius 1 is 1.21 bits per heavy atom. The van der Waals surface area contributed by atoms with Gasteiger partial charge in [0.15, 0.2) is 0 Å². The highest BCUT2D eigenvalue weighted by atomic mass is 16.5. The van der Waals surface area contributed by atoms with Crippen LogP contribution in [0.3, 0.4) is 0 Å². The highest BCUT2D eigenvalue weighted by molar-refractivity contribution is 5.96. The molecule has 2 N–H and O–H groups in total. The van der Waals surface area contributed by atoms with Crippen molar-refractivity contribution >= 4 is 11.6 Å². The van der Waals surface area contributed by atoms with E-state index in [1.54, 1.807) is 7.11 Å². The summed E-state index contributed by atoms with van der Waals surface area (Å²) in [6, 6.07) is 5.55. The maximum Gasteiger partial charge on any atom is 0.238 e. The van der Waals surface area contributed by atoms with E-state index in [4.69, 9.17) is 9.47 Å². The minimum atomic E-state index is -0.958. The number of pyridine rings is 1. The van der Waals surface area contributed by atoms with E-state index in [0.29, 0.717) is 23.2 Å². The van der Waals surface area contributed by atoms with Crippen LogP contribution in [0.15, 0.2) is 18.2 Å². The normalized spacial score (nSPS) is 12.4. The summed E-state index contributed by atoms with van der Waals surface area (Å²) in [5.74, 6) is 0.862. The Balaban J connectivity index is 2.71. The molecule has 2 rings (SSSR count). The van der Waals surface area contributed by atoms with Gasteiger partial charge in [0.2, 0.25) is 11.8 Å². The Hall–Kier alpha value is -2.60. The Bertz CT molecular complexity index is 901. The van der Waals surface area contributed by atoms with E-state index in [-0.39, 0.29) is 11.8 Å². The van der Waals surface area contributed by atoms with Crippen LogP contribution in [0.25, 0.3) is 0 Å². The second kappa shape index (κ2) is 8.82. The first-order valence-electron chi connectivity index (χ1n) is 9.76. The van der Waals surface area contributed by atoms with Crippen molar-refractivity contribution in [3.05, 3.63) is 46.1 Å². The lowest BCUT2D eigenvalue weighted by atomic mass is 9.91. The molecule has 0 saturated carbocycles. The van der Waals surface area contributed by atoms with Crippen LogP contribution in [0.2, 0.25) is 0 Å². The second-order valence-electron chi connectivity index (χ2n) is 8.16. The third kappa shape index (κ3) is 4.70. The number of carbonyl (C=O) groups is 1. The summed E-state index contributed by atoms with van der Waals surface area (Å²) >= 11 is 0. The standard InChI is InChI=1S/C23H32N2O4/c1-9-16-14(3)24-21(29-8)19(25-22(27)23(4,5)6)18(16)20(26)15-10-11-17(28-7)13(2)12-15/h10-12,20,26H,9H2,1-8H3,(H,25,27). The molecule has 0 saturated heterocycles. The Kier molecular flexibility index (Phi) is 6.90. The van der Waals surface area contributed by atoms with Gasteiger partial charge >= 0.3 is 0 Å². The van der Waals surface area contributed by atoms with Crippen LogP contribution in [0.5, 0.6) is 11.6 Å². The van der Waals surface area contributed by atoms with E-state index in [1.807, 2.05) is 59.7 Å². The van der Waals surface area contributed by atoms with Crippen LogP contribution >= 0.6 is 0 Å². The number of aliphatic hydroxyl groups is 1. The summed E-state index contributed by atoms with van der Waals surface area (Å²) in [5.41, 5.74) is 3.68.